The number of halogens is 2. The van der Waals surface area contributed by atoms with Gasteiger partial charge in [-0.3, -0.25) is 19.3 Å². The molecule has 2 aliphatic heterocycles. The first-order valence-corrected chi connectivity index (χ1v) is 8.42. The minimum atomic E-state index is -1.47. The maximum absolute atomic E-state index is 13.0. The summed E-state index contributed by atoms with van der Waals surface area (Å²) in [7, 11) is 0. The second-order valence-electron chi connectivity index (χ2n) is 5.97. The number of rotatable bonds is 3. The zero-order chi connectivity index (χ0) is 18.4. The van der Waals surface area contributed by atoms with E-state index in [2.05, 4.69) is 0 Å². The van der Waals surface area contributed by atoms with Crippen molar-refractivity contribution < 1.29 is 23.9 Å². The first-order chi connectivity index (χ1) is 11.7. The van der Waals surface area contributed by atoms with Gasteiger partial charge in [0.05, 0.1) is 10.0 Å². The second kappa shape index (κ2) is 6.35. The van der Waals surface area contributed by atoms with Gasteiger partial charge in [0.1, 0.15) is 0 Å². The first-order valence-electron chi connectivity index (χ1n) is 7.66. The fourth-order valence-electron chi connectivity index (χ4n) is 2.86. The molecule has 0 spiro atoms. The topological polar surface area (TPSA) is 72.9 Å². The third-order valence-electron chi connectivity index (χ3n) is 4.17. The lowest BCUT2D eigenvalue weighted by Gasteiger charge is -2.26. The lowest BCUT2D eigenvalue weighted by Crippen LogP contribution is -2.32. The van der Waals surface area contributed by atoms with E-state index >= 15 is 0 Å². The van der Waals surface area contributed by atoms with Crippen molar-refractivity contribution in [1.82, 2.24) is 4.90 Å². The zero-order valence-electron chi connectivity index (χ0n) is 13.6. The van der Waals surface area contributed by atoms with E-state index in [4.69, 9.17) is 32.7 Å². The molecule has 0 N–H and O–H groups in total. The molecule has 8 heteroatoms. The van der Waals surface area contributed by atoms with Crippen molar-refractivity contribution >= 4 is 40.9 Å². The maximum Gasteiger partial charge on any atom is 0.308 e. The van der Waals surface area contributed by atoms with Crippen LogP contribution in [0.4, 0.5) is 0 Å². The summed E-state index contributed by atoms with van der Waals surface area (Å²) >= 11 is 12.0. The SMILES string of the molecule is CC(=O)OC1=C(N2CCCC2=O)OC(C)(c2ccc(Cl)c(Cl)c2)C1=O. The molecule has 1 aromatic carbocycles. The first kappa shape index (κ1) is 17.8. The van der Waals surface area contributed by atoms with Crippen LogP contribution in [-0.4, -0.2) is 29.1 Å². The van der Waals surface area contributed by atoms with E-state index < -0.39 is 17.4 Å². The number of hydrogen-bond acceptors (Lipinski definition) is 5. The molecule has 2 aliphatic rings. The minimum absolute atomic E-state index is 0.0312. The Morgan fingerprint density at radius 2 is 2.00 bits per heavy atom. The Labute approximate surface area is 154 Å². The van der Waals surface area contributed by atoms with Crippen molar-refractivity contribution in [3.63, 3.8) is 0 Å². The zero-order valence-corrected chi connectivity index (χ0v) is 15.1. The van der Waals surface area contributed by atoms with Gasteiger partial charge in [-0.1, -0.05) is 29.3 Å². The molecule has 6 nitrogen and oxygen atoms in total. The quantitative estimate of drug-likeness (QED) is 0.749. The van der Waals surface area contributed by atoms with Crippen LogP contribution >= 0.6 is 23.2 Å². The van der Waals surface area contributed by atoms with Gasteiger partial charge >= 0.3 is 5.97 Å². The number of carbonyl (C=O) groups excluding carboxylic acids is 3. The smallest absolute Gasteiger partial charge is 0.308 e. The number of benzene rings is 1. The van der Waals surface area contributed by atoms with E-state index in [1.807, 2.05) is 0 Å². The van der Waals surface area contributed by atoms with Crippen LogP contribution in [0.25, 0.3) is 0 Å². The predicted octanol–water partition coefficient (Wildman–Crippen LogP) is 3.16. The van der Waals surface area contributed by atoms with Gasteiger partial charge in [-0.25, -0.2) is 0 Å². The molecule has 1 unspecified atom stereocenters. The molecule has 1 atom stereocenters. The van der Waals surface area contributed by atoms with Crippen LogP contribution in [0.1, 0.15) is 32.3 Å². The van der Waals surface area contributed by atoms with Crippen LogP contribution in [0.3, 0.4) is 0 Å². The van der Waals surface area contributed by atoms with Crippen LogP contribution < -0.4 is 0 Å². The molecule has 0 radical (unpaired) electrons. The number of amides is 1. The van der Waals surface area contributed by atoms with Crippen molar-refractivity contribution in [3.05, 3.63) is 45.5 Å². The Morgan fingerprint density at radius 3 is 2.56 bits per heavy atom. The molecule has 1 amide bonds. The molecule has 0 aliphatic carbocycles. The van der Waals surface area contributed by atoms with Crippen molar-refractivity contribution in [2.24, 2.45) is 0 Å². The number of carbonyl (C=O) groups is 3. The summed E-state index contributed by atoms with van der Waals surface area (Å²) in [6, 6.07) is 4.67. The average molecular weight is 384 g/mol. The Bertz CT molecular complexity index is 819. The van der Waals surface area contributed by atoms with E-state index in [9.17, 15) is 14.4 Å². The van der Waals surface area contributed by atoms with E-state index in [1.54, 1.807) is 12.1 Å². The summed E-state index contributed by atoms with van der Waals surface area (Å²) in [6.45, 7) is 3.11. The Morgan fingerprint density at radius 1 is 1.28 bits per heavy atom. The average Bonchev–Trinajstić information content (AvgIpc) is 3.07. The lowest BCUT2D eigenvalue weighted by atomic mass is 9.91. The Hall–Kier alpha value is -2.05. The molecule has 132 valence electrons. The Balaban J connectivity index is 2.05. The van der Waals surface area contributed by atoms with Crippen molar-refractivity contribution in [1.29, 1.82) is 0 Å². The molecule has 1 fully saturated rings. The summed E-state index contributed by atoms with van der Waals surface area (Å²) in [6.07, 6.45) is 0.981. The standard InChI is InChI=1S/C17H15Cl2NO5/c1-9(21)24-14-15(23)17(2,10-5-6-11(18)12(19)8-10)25-16(14)20-7-3-4-13(20)22/h5-6,8H,3-4,7H2,1-2H3. The van der Waals surface area contributed by atoms with Gasteiger partial charge in [0, 0.05) is 25.5 Å². The molecule has 1 aromatic rings. The number of nitrogens with zero attached hydrogens (tertiary/aromatic N) is 1. The Kier molecular flexibility index (Phi) is 4.51. The third-order valence-corrected chi connectivity index (χ3v) is 4.91. The lowest BCUT2D eigenvalue weighted by molar-refractivity contribution is -0.142. The fourth-order valence-corrected chi connectivity index (χ4v) is 3.16. The second-order valence-corrected chi connectivity index (χ2v) is 6.78. The fraction of sp³-hybridized carbons (Fsp3) is 0.353. The predicted molar refractivity (Wildman–Crippen MR) is 89.6 cm³/mol. The molecular weight excluding hydrogens is 369 g/mol. The number of Topliss-reactive ketones (excluding diaryl/α,β-unsaturated/α-hetero) is 1. The van der Waals surface area contributed by atoms with Crippen molar-refractivity contribution in [2.75, 3.05) is 6.54 Å². The third kappa shape index (κ3) is 3.00. The van der Waals surface area contributed by atoms with Crippen LogP contribution in [0, 0.1) is 0 Å². The van der Waals surface area contributed by atoms with Crippen LogP contribution in [0.2, 0.25) is 10.0 Å². The largest absolute Gasteiger partial charge is 0.456 e. The summed E-state index contributed by atoms with van der Waals surface area (Å²) in [5, 5.41) is 0.596. The van der Waals surface area contributed by atoms with E-state index in [1.165, 1.54) is 24.8 Å². The highest BCUT2D eigenvalue weighted by molar-refractivity contribution is 6.42. The highest BCUT2D eigenvalue weighted by Crippen LogP contribution is 2.42. The molecule has 0 saturated carbocycles. The van der Waals surface area contributed by atoms with Crippen LogP contribution in [-0.2, 0) is 29.5 Å². The van der Waals surface area contributed by atoms with Gasteiger partial charge in [0.25, 0.3) is 5.78 Å². The van der Waals surface area contributed by atoms with Gasteiger partial charge in [0.15, 0.2) is 5.60 Å². The molecule has 25 heavy (non-hydrogen) atoms. The van der Waals surface area contributed by atoms with Gasteiger partial charge in [-0.2, -0.15) is 0 Å². The van der Waals surface area contributed by atoms with Crippen molar-refractivity contribution in [3.8, 4) is 0 Å². The van der Waals surface area contributed by atoms with Crippen molar-refractivity contribution in [2.45, 2.75) is 32.3 Å². The van der Waals surface area contributed by atoms with Gasteiger partial charge in [0.2, 0.25) is 17.5 Å². The summed E-state index contributed by atoms with van der Waals surface area (Å²) in [4.78, 5) is 37.8. The number of ether oxygens (including phenoxy) is 2. The summed E-state index contributed by atoms with van der Waals surface area (Å²) in [5.41, 5.74) is -1.03. The molecular formula is C17H15Cl2NO5. The molecule has 3 rings (SSSR count). The summed E-state index contributed by atoms with van der Waals surface area (Å²) < 4.78 is 10.9. The number of hydrogen-bond donors (Lipinski definition) is 0. The van der Waals surface area contributed by atoms with Crippen LogP contribution in [0.5, 0.6) is 0 Å². The normalized spacial score (nSPS) is 23.3. The molecule has 0 aromatic heterocycles. The van der Waals surface area contributed by atoms with Gasteiger partial charge in [-0.15, -0.1) is 0 Å². The number of esters is 1. The molecule has 1 saturated heterocycles. The summed E-state index contributed by atoms with van der Waals surface area (Å²) in [5.74, 6) is -1.72. The highest BCUT2D eigenvalue weighted by Gasteiger charge is 2.52. The maximum atomic E-state index is 13.0. The highest BCUT2D eigenvalue weighted by atomic mass is 35.5. The minimum Gasteiger partial charge on any atom is -0.456 e. The van der Waals surface area contributed by atoms with E-state index in [0.717, 1.165) is 0 Å². The van der Waals surface area contributed by atoms with Gasteiger partial charge in [-0.05, 0) is 25.5 Å². The van der Waals surface area contributed by atoms with Gasteiger partial charge < -0.3 is 9.47 Å². The van der Waals surface area contributed by atoms with E-state index in [-0.39, 0.29) is 22.6 Å². The number of ketones is 1. The van der Waals surface area contributed by atoms with Crippen LogP contribution in [0.15, 0.2) is 29.8 Å². The molecule has 2 heterocycles. The monoisotopic (exact) mass is 383 g/mol. The molecule has 0 bridgehead atoms. The number of likely N-dealkylation sites (tertiary alicyclic amines) is 1. The van der Waals surface area contributed by atoms with E-state index in [0.29, 0.717) is 30.0 Å².